The number of nitrogens with one attached hydrogen (secondary N) is 1. The molecule has 4 heteroatoms. The van der Waals surface area contributed by atoms with Crippen molar-refractivity contribution in [1.82, 2.24) is 5.32 Å². The van der Waals surface area contributed by atoms with Crippen LogP contribution in [-0.2, 0) is 0 Å². The summed E-state index contributed by atoms with van der Waals surface area (Å²) in [5, 5.41) is 7.58. The van der Waals surface area contributed by atoms with Crippen molar-refractivity contribution in [1.29, 1.82) is 0 Å². The van der Waals surface area contributed by atoms with Crippen LogP contribution in [0.25, 0.3) is 0 Å². The fourth-order valence-electron chi connectivity index (χ4n) is 1.81. The van der Waals surface area contributed by atoms with Crippen molar-refractivity contribution in [2.75, 3.05) is 14.2 Å². The molecule has 2 rings (SSSR count). The Bertz CT molecular complexity index is 484. The predicted octanol–water partition coefficient (Wildman–Crippen LogP) is 3.83. The van der Waals surface area contributed by atoms with Crippen LogP contribution in [0.2, 0.25) is 0 Å². The summed E-state index contributed by atoms with van der Waals surface area (Å²) in [4.78, 5) is 0. The molecular weight excluding hydrogens is 298 g/mol. The molecule has 90 valence electrons. The normalized spacial score (nSPS) is 12.4. The van der Waals surface area contributed by atoms with Gasteiger partial charge in [-0.05, 0) is 53.2 Å². The zero-order chi connectivity index (χ0) is 12.3. The Balaban J connectivity index is 2.43. The lowest BCUT2D eigenvalue weighted by Crippen LogP contribution is -2.17. The van der Waals surface area contributed by atoms with Crippen molar-refractivity contribution in [3.05, 3.63) is 50.6 Å². The molecule has 0 saturated heterocycles. The van der Waals surface area contributed by atoms with Crippen molar-refractivity contribution in [3.63, 3.8) is 0 Å². The van der Waals surface area contributed by atoms with Gasteiger partial charge in [0.25, 0.3) is 0 Å². The van der Waals surface area contributed by atoms with Crippen LogP contribution < -0.4 is 10.1 Å². The Morgan fingerprint density at radius 3 is 2.76 bits per heavy atom. The van der Waals surface area contributed by atoms with E-state index in [9.17, 15) is 0 Å². The van der Waals surface area contributed by atoms with Crippen molar-refractivity contribution in [3.8, 4) is 5.75 Å². The fraction of sp³-hybridized carbons (Fsp3) is 0.231. The Morgan fingerprint density at radius 1 is 1.35 bits per heavy atom. The lowest BCUT2D eigenvalue weighted by atomic mass is 10.0. The van der Waals surface area contributed by atoms with Crippen LogP contribution in [0.1, 0.15) is 17.2 Å². The second-order valence-corrected chi connectivity index (χ2v) is 5.30. The zero-order valence-corrected chi connectivity index (χ0v) is 12.1. The van der Waals surface area contributed by atoms with Gasteiger partial charge in [-0.1, -0.05) is 15.9 Å². The van der Waals surface area contributed by atoms with Crippen molar-refractivity contribution in [2.24, 2.45) is 0 Å². The molecule has 1 aromatic carbocycles. The smallest absolute Gasteiger partial charge is 0.119 e. The second-order valence-electron chi connectivity index (χ2n) is 3.67. The van der Waals surface area contributed by atoms with Crippen LogP contribution in [0, 0.1) is 0 Å². The molecule has 0 aliphatic heterocycles. The summed E-state index contributed by atoms with van der Waals surface area (Å²) in [5.41, 5.74) is 2.46. The molecule has 0 aliphatic carbocycles. The van der Waals surface area contributed by atoms with Crippen LogP contribution in [0.3, 0.4) is 0 Å². The van der Waals surface area contributed by atoms with Gasteiger partial charge in [-0.3, -0.25) is 0 Å². The van der Waals surface area contributed by atoms with Gasteiger partial charge in [0, 0.05) is 4.47 Å². The van der Waals surface area contributed by atoms with Gasteiger partial charge in [0.1, 0.15) is 5.75 Å². The number of thiophene rings is 1. The van der Waals surface area contributed by atoms with E-state index in [2.05, 4.69) is 44.1 Å². The minimum atomic E-state index is 0.186. The minimum Gasteiger partial charge on any atom is -0.497 e. The second kappa shape index (κ2) is 5.67. The highest BCUT2D eigenvalue weighted by molar-refractivity contribution is 9.10. The van der Waals surface area contributed by atoms with E-state index in [1.54, 1.807) is 18.4 Å². The molecule has 1 unspecified atom stereocenters. The van der Waals surface area contributed by atoms with Crippen molar-refractivity contribution in [2.45, 2.75) is 6.04 Å². The maximum atomic E-state index is 5.28. The average molecular weight is 312 g/mol. The van der Waals surface area contributed by atoms with Crippen LogP contribution in [0.5, 0.6) is 5.75 Å². The molecule has 2 nitrogen and oxygen atoms in total. The van der Waals surface area contributed by atoms with E-state index in [4.69, 9.17) is 4.74 Å². The number of halogens is 1. The topological polar surface area (TPSA) is 21.3 Å². The summed E-state index contributed by atoms with van der Waals surface area (Å²) < 4.78 is 6.36. The van der Waals surface area contributed by atoms with Gasteiger partial charge < -0.3 is 10.1 Å². The third-order valence-corrected chi connectivity index (χ3v) is 4.10. The summed E-state index contributed by atoms with van der Waals surface area (Å²) in [6.07, 6.45) is 0. The zero-order valence-electron chi connectivity index (χ0n) is 9.74. The molecule has 1 N–H and O–H groups in total. The van der Waals surface area contributed by atoms with E-state index in [-0.39, 0.29) is 6.04 Å². The Morgan fingerprint density at radius 2 is 2.18 bits per heavy atom. The molecule has 1 atom stereocenters. The monoisotopic (exact) mass is 311 g/mol. The minimum absolute atomic E-state index is 0.186. The highest BCUT2D eigenvalue weighted by Gasteiger charge is 2.16. The quantitative estimate of drug-likeness (QED) is 0.926. The first kappa shape index (κ1) is 12.6. The Labute approximate surface area is 114 Å². The predicted molar refractivity (Wildman–Crippen MR) is 75.9 cm³/mol. The number of ether oxygens (including phenoxy) is 1. The Hall–Kier alpha value is -0.840. The van der Waals surface area contributed by atoms with Crippen LogP contribution in [0.15, 0.2) is 39.5 Å². The van der Waals surface area contributed by atoms with E-state index in [0.717, 1.165) is 10.2 Å². The molecule has 2 aromatic rings. The van der Waals surface area contributed by atoms with Crippen LogP contribution >= 0.6 is 27.3 Å². The third-order valence-electron chi connectivity index (χ3n) is 2.68. The molecule has 0 bridgehead atoms. The van der Waals surface area contributed by atoms with E-state index in [0.29, 0.717) is 0 Å². The number of rotatable bonds is 4. The molecule has 0 aliphatic rings. The molecule has 0 radical (unpaired) electrons. The lowest BCUT2D eigenvalue weighted by Gasteiger charge is -2.18. The molecule has 17 heavy (non-hydrogen) atoms. The number of hydrogen-bond donors (Lipinski definition) is 1. The molecule has 0 spiro atoms. The van der Waals surface area contributed by atoms with Gasteiger partial charge in [-0.25, -0.2) is 0 Å². The van der Waals surface area contributed by atoms with Crippen molar-refractivity contribution >= 4 is 27.3 Å². The standard InChI is InChI=1S/C13H14BrNOS/c1-15-13(9-5-6-17-8-9)11-7-10(16-2)3-4-12(11)14/h3-8,13,15H,1-2H3. The van der Waals surface area contributed by atoms with E-state index >= 15 is 0 Å². The highest BCUT2D eigenvalue weighted by Crippen LogP contribution is 2.32. The van der Waals surface area contributed by atoms with E-state index in [1.807, 2.05) is 19.2 Å². The van der Waals surface area contributed by atoms with E-state index in [1.165, 1.54) is 11.1 Å². The van der Waals surface area contributed by atoms with Gasteiger partial charge in [0.2, 0.25) is 0 Å². The molecule has 1 heterocycles. The average Bonchev–Trinajstić information content (AvgIpc) is 2.86. The van der Waals surface area contributed by atoms with Gasteiger partial charge in [-0.15, -0.1) is 0 Å². The first-order chi connectivity index (χ1) is 8.26. The summed E-state index contributed by atoms with van der Waals surface area (Å²) in [7, 11) is 3.65. The molecule has 1 aromatic heterocycles. The van der Waals surface area contributed by atoms with Crippen LogP contribution in [-0.4, -0.2) is 14.2 Å². The lowest BCUT2D eigenvalue weighted by molar-refractivity contribution is 0.413. The fourth-order valence-corrected chi connectivity index (χ4v) is 2.97. The molecule has 0 amide bonds. The number of methoxy groups -OCH3 is 1. The third kappa shape index (κ3) is 2.70. The first-order valence-corrected chi connectivity index (χ1v) is 7.02. The maximum absolute atomic E-state index is 5.28. The first-order valence-electron chi connectivity index (χ1n) is 5.29. The van der Waals surface area contributed by atoms with Gasteiger partial charge >= 0.3 is 0 Å². The molecule has 0 fully saturated rings. The molecule has 0 saturated carbocycles. The SMILES string of the molecule is CNC(c1ccsc1)c1cc(OC)ccc1Br. The van der Waals surface area contributed by atoms with Gasteiger partial charge in [0.15, 0.2) is 0 Å². The number of benzene rings is 1. The number of hydrogen-bond acceptors (Lipinski definition) is 3. The summed E-state index contributed by atoms with van der Waals surface area (Å²) >= 11 is 5.30. The Kier molecular flexibility index (Phi) is 4.20. The van der Waals surface area contributed by atoms with Gasteiger partial charge in [-0.2, -0.15) is 11.3 Å². The highest BCUT2D eigenvalue weighted by atomic mass is 79.9. The largest absolute Gasteiger partial charge is 0.497 e. The van der Waals surface area contributed by atoms with E-state index < -0.39 is 0 Å². The summed E-state index contributed by atoms with van der Waals surface area (Å²) in [6, 6.07) is 8.35. The van der Waals surface area contributed by atoms with Gasteiger partial charge in [0.05, 0.1) is 13.2 Å². The maximum Gasteiger partial charge on any atom is 0.119 e. The molecular formula is C13H14BrNOS. The summed E-state index contributed by atoms with van der Waals surface area (Å²) in [5.74, 6) is 0.874. The van der Waals surface area contributed by atoms with Crippen molar-refractivity contribution < 1.29 is 4.74 Å². The van der Waals surface area contributed by atoms with Crippen LogP contribution in [0.4, 0.5) is 0 Å². The summed E-state index contributed by atoms with van der Waals surface area (Å²) in [6.45, 7) is 0.